The molecule has 1 aliphatic rings. The Morgan fingerprint density at radius 3 is 2.83 bits per heavy atom. The molecule has 1 N–H and O–H groups in total. The summed E-state index contributed by atoms with van der Waals surface area (Å²) in [5, 5.41) is 5.50. The summed E-state index contributed by atoms with van der Waals surface area (Å²) in [6.45, 7) is 6.77. The maximum atomic E-state index is 12.8. The molecule has 124 valence electrons. The number of hydrogen-bond donors (Lipinski definition) is 1. The first-order chi connectivity index (χ1) is 11.3. The van der Waals surface area contributed by atoms with Gasteiger partial charge in [-0.1, -0.05) is 13.0 Å². The Balaban J connectivity index is 1.60. The van der Waals surface area contributed by atoms with Gasteiger partial charge >= 0.3 is 0 Å². The predicted octanol–water partition coefficient (Wildman–Crippen LogP) is 3.06. The van der Waals surface area contributed by atoms with Crippen LogP contribution in [0.25, 0.3) is 0 Å². The van der Waals surface area contributed by atoms with Crippen molar-refractivity contribution >= 4 is 17.2 Å². The minimum Gasteiger partial charge on any atom is -0.338 e. The maximum absolute atomic E-state index is 12.8. The van der Waals surface area contributed by atoms with Crippen LogP contribution >= 0.6 is 11.3 Å². The van der Waals surface area contributed by atoms with Crippen LogP contribution in [0.15, 0.2) is 35.8 Å². The molecule has 0 bridgehead atoms. The second-order valence-corrected chi connectivity index (χ2v) is 7.18. The maximum Gasteiger partial charge on any atom is 0.270 e. The third-order valence-corrected chi connectivity index (χ3v) is 5.40. The molecule has 23 heavy (non-hydrogen) atoms. The molecule has 2 aromatic rings. The van der Waals surface area contributed by atoms with E-state index in [0.29, 0.717) is 5.92 Å². The Hall–Kier alpha value is -1.59. The average Bonchev–Trinajstić information content (AvgIpc) is 3.25. The molecule has 3 rings (SSSR count). The summed E-state index contributed by atoms with van der Waals surface area (Å²) in [5.41, 5.74) is 0.809. The summed E-state index contributed by atoms with van der Waals surface area (Å²) in [6, 6.07) is 8.09. The summed E-state index contributed by atoms with van der Waals surface area (Å²) in [7, 11) is 0. The Morgan fingerprint density at radius 1 is 1.30 bits per heavy atom. The van der Waals surface area contributed by atoms with Crippen molar-refractivity contribution in [1.82, 2.24) is 14.8 Å². The van der Waals surface area contributed by atoms with Crippen LogP contribution in [-0.4, -0.2) is 41.6 Å². The summed E-state index contributed by atoms with van der Waals surface area (Å²) >= 11 is 1.73. The van der Waals surface area contributed by atoms with Crippen LogP contribution in [0, 0.1) is 5.92 Å². The molecule has 0 aromatic carbocycles. The first-order valence-electron chi connectivity index (χ1n) is 8.45. The van der Waals surface area contributed by atoms with Gasteiger partial charge in [-0.2, -0.15) is 0 Å². The van der Waals surface area contributed by atoms with Crippen LogP contribution in [0.4, 0.5) is 0 Å². The molecule has 4 nitrogen and oxygen atoms in total. The third kappa shape index (κ3) is 4.03. The first-order valence-corrected chi connectivity index (χ1v) is 9.33. The lowest BCUT2D eigenvalue weighted by Gasteiger charge is -2.32. The molecule has 1 saturated heterocycles. The van der Waals surface area contributed by atoms with Gasteiger partial charge in [0.05, 0.1) is 6.54 Å². The van der Waals surface area contributed by atoms with Crippen molar-refractivity contribution in [2.24, 2.45) is 5.92 Å². The summed E-state index contributed by atoms with van der Waals surface area (Å²) < 4.78 is 2.07. The van der Waals surface area contributed by atoms with Gasteiger partial charge < -0.3 is 14.8 Å². The normalized spacial score (nSPS) is 16.0. The van der Waals surface area contributed by atoms with E-state index in [2.05, 4.69) is 34.3 Å². The van der Waals surface area contributed by atoms with E-state index in [-0.39, 0.29) is 5.91 Å². The molecule has 1 amide bonds. The predicted molar refractivity (Wildman–Crippen MR) is 95.0 cm³/mol. The monoisotopic (exact) mass is 331 g/mol. The zero-order valence-electron chi connectivity index (χ0n) is 13.7. The minimum absolute atomic E-state index is 0.174. The van der Waals surface area contributed by atoms with Crippen LogP contribution in [0.3, 0.4) is 0 Å². The number of nitrogens with zero attached hydrogens (tertiary/aromatic N) is 2. The van der Waals surface area contributed by atoms with E-state index >= 15 is 0 Å². The molecule has 0 atom stereocenters. The SMILES string of the molecule is CCNCC1CCN(C(=O)c2cccn2Cc2cccs2)CC1. The Kier molecular flexibility index (Phi) is 5.51. The molecule has 0 unspecified atom stereocenters. The van der Waals surface area contributed by atoms with Crippen molar-refractivity contribution in [1.29, 1.82) is 0 Å². The lowest BCUT2D eigenvalue weighted by Crippen LogP contribution is -2.41. The Morgan fingerprint density at radius 2 is 2.13 bits per heavy atom. The number of carbonyl (C=O) groups excluding carboxylic acids is 1. The molecular formula is C18H25N3OS. The second kappa shape index (κ2) is 7.79. The van der Waals surface area contributed by atoms with Gasteiger partial charge in [0.25, 0.3) is 5.91 Å². The quantitative estimate of drug-likeness (QED) is 0.883. The van der Waals surface area contributed by atoms with Gasteiger partial charge in [-0.3, -0.25) is 4.79 Å². The van der Waals surface area contributed by atoms with E-state index in [1.54, 1.807) is 11.3 Å². The van der Waals surface area contributed by atoms with Gasteiger partial charge in [-0.15, -0.1) is 11.3 Å². The first kappa shape index (κ1) is 16.3. The molecule has 0 radical (unpaired) electrons. The van der Waals surface area contributed by atoms with Gasteiger partial charge in [-0.25, -0.2) is 0 Å². The summed E-state index contributed by atoms with van der Waals surface area (Å²) in [4.78, 5) is 16.1. The van der Waals surface area contributed by atoms with E-state index in [1.807, 2.05) is 23.2 Å². The fourth-order valence-corrected chi connectivity index (χ4v) is 3.87. The van der Waals surface area contributed by atoms with Crippen molar-refractivity contribution in [3.8, 4) is 0 Å². The lowest BCUT2D eigenvalue weighted by molar-refractivity contribution is 0.0680. The van der Waals surface area contributed by atoms with Crippen LogP contribution in [-0.2, 0) is 6.54 Å². The lowest BCUT2D eigenvalue weighted by atomic mass is 9.96. The molecule has 1 aliphatic heterocycles. The number of aromatic nitrogens is 1. The molecule has 5 heteroatoms. The van der Waals surface area contributed by atoms with Crippen molar-refractivity contribution in [2.45, 2.75) is 26.3 Å². The molecule has 0 spiro atoms. The van der Waals surface area contributed by atoms with Crippen LogP contribution in [0.2, 0.25) is 0 Å². The average molecular weight is 331 g/mol. The van der Waals surface area contributed by atoms with E-state index in [1.165, 1.54) is 4.88 Å². The fraction of sp³-hybridized carbons (Fsp3) is 0.500. The molecule has 0 saturated carbocycles. The van der Waals surface area contributed by atoms with Gasteiger partial charge in [0.15, 0.2) is 0 Å². The largest absolute Gasteiger partial charge is 0.338 e. The number of hydrogen-bond acceptors (Lipinski definition) is 3. The molecular weight excluding hydrogens is 306 g/mol. The summed E-state index contributed by atoms with van der Waals surface area (Å²) in [5.74, 6) is 0.880. The highest BCUT2D eigenvalue weighted by molar-refractivity contribution is 7.09. The number of amides is 1. The molecule has 0 aliphatic carbocycles. The van der Waals surface area contributed by atoms with Crippen LogP contribution in [0.5, 0.6) is 0 Å². The smallest absolute Gasteiger partial charge is 0.270 e. The van der Waals surface area contributed by atoms with Gasteiger partial charge in [0.1, 0.15) is 5.69 Å². The van der Waals surface area contributed by atoms with Crippen LogP contribution in [0.1, 0.15) is 35.1 Å². The van der Waals surface area contributed by atoms with E-state index in [9.17, 15) is 4.79 Å². The topological polar surface area (TPSA) is 37.3 Å². The second-order valence-electron chi connectivity index (χ2n) is 6.14. The minimum atomic E-state index is 0.174. The fourth-order valence-electron chi connectivity index (χ4n) is 3.17. The van der Waals surface area contributed by atoms with E-state index in [4.69, 9.17) is 0 Å². The molecule has 1 fully saturated rings. The highest BCUT2D eigenvalue weighted by atomic mass is 32.1. The number of nitrogens with one attached hydrogen (secondary N) is 1. The van der Waals surface area contributed by atoms with Crippen molar-refractivity contribution in [3.63, 3.8) is 0 Å². The van der Waals surface area contributed by atoms with Gasteiger partial charge in [0.2, 0.25) is 0 Å². The standard InChI is InChI=1S/C18H25N3OS/c1-2-19-13-15-7-10-20(11-8-15)18(22)17-6-3-9-21(17)14-16-5-4-12-23-16/h3-6,9,12,15,19H,2,7-8,10-11,13-14H2,1H3. The number of piperidine rings is 1. The Bertz CT molecular complexity index is 612. The van der Waals surface area contributed by atoms with Gasteiger partial charge in [0, 0.05) is 24.2 Å². The summed E-state index contributed by atoms with van der Waals surface area (Å²) in [6.07, 6.45) is 4.21. The molecule has 2 aromatic heterocycles. The van der Waals surface area contributed by atoms with E-state index in [0.717, 1.165) is 51.3 Å². The Labute approximate surface area is 142 Å². The van der Waals surface area contributed by atoms with E-state index < -0.39 is 0 Å². The number of carbonyl (C=O) groups is 1. The zero-order valence-corrected chi connectivity index (χ0v) is 14.5. The van der Waals surface area contributed by atoms with Crippen molar-refractivity contribution in [3.05, 3.63) is 46.4 Å². The number of likely N-dealkylation sites (tertiary alicyclic amines) is 1. The highest BCUT2D eigenvalue weighted by Gasteiger charge is 2.24. The molecule has 3 heterocycles. The zero-order chi connectivity index (χ0) is 16.1. The number of rotatable bonds is 6. The third-order valence-electron chi connectivity index (χ3n) is 4.54. The van der Waals surface area contributed by atoms with Gasteiger partial charge in [-0.05, 0) is 55.4 Å². The van der Waals surface area contributed by atoms with Crippen LogP contribution < -0.4 is 5.32 Å². The highest BCUT2D eigenvalue weighted by Crippen LogP contribution is 2.20. The van der Waals surface area contributed by atoms with Crippen molar-refractivity contribution < 1.29 is 4.79 Å². The van der Waals surface area contributed by atoms with Crippen molar-refractivity contribution in [2.75, 3.05) is 26.2 Å². The number of thiophene rings is 1.